The van der Waals surface area contributed by atoms with E-state index in [1.165, 1.54) is 37.4 Å². The Morgan fingerprint density at radius 1 is 0.667 bits per heavy atom. The van der Waals surface area contributed by atoms with Crippen LogP contribution >= 0.6 is 0 Å². The number of alkyl halides is 6. The summed E-state index contributed by atoms with van der Waals surface area (Å²) >= 11 is 0. The van der Waals surface area contributed by atoms with Crippen LogP contribution in [-0.4, -0.2) is 77.3 Å². The van der Waals surface area contributed by atoms with Gasteiger partial charge in [-0.05, 0) is 73.0 Å². The van der Waals surface area contributed by atoms with E-state index in [1.807, 2.05) is 0 Å². The third-order valence-corrected chi connectivity index (χ3v) is 8.45. The van der Waals surface area contributed by atoms with Crippen molar-refractivity contribution in [3.63, 3.8) is 0 Å². The zero-order chi connectivity index (χ0) is 40.2. The number of ketones is 1. The molecule has 4 aromatic carbocycles. The van der Waals surface area contributed by atoms with Gasteiger partial charge in [-0.3, -0.25) is 9.59 Å². The lowest BCUT2D eigenvalue weighted by Crippen LogP contribution is -2.45. The largest absolute Gasteiger partial charge is 0.478 e. The number of carboxylic acids is 2. The van der Waals surface area contributed by atoms with Gasteiger partial charge in [0.15, 0.2) is 5.78 Å². The maximum atomic E-state index is 14.3. The first kappa shape index (κ1) is 40.8. The third-order valence-electron chi connectivity index (χ3n) is 8.45. The number of nitrogens with one attached hydrogen (secondary N) is 2. The molecule has 17 heteroatoms. The molecule has 0 radical (unpaired) electrons. The summed E-state index contributed by atoms with van der Waals surface area (Å²) in [6.07, 6.45) is -5.91. The van der Waals surface area contributed by atoms with Crippen molar-refractivity contribution < 1.29 is 70.7 Å². The molecule has 0 heterocycles. The van der Waals surface area contributed by atoms with Crippen LogP contribution in [0.4, 0.5) is 37.7 Å². The Morgan fingerprint density at radius 2 is 1.17 bits per heavy atom. The maximum Gasteiger partial charge on any atom is 0.424 e. The average Bonchev–Trinajstić information content (AvgIpc) is 3.13. The molecule has 0 bridgehead atoms. The van der Waals surface area contributed by atoms with Crippen molar-refractivity contribution in [2.75, 3.05) is 37.7 Å². The lowest BCUT2D eigenvalue weighted by Gasteiger charge is -2.30. The summed E-state index contributed by atoms with van der Waals surface area (Å²) in [5.74, 6) is -5.30. The Morgan fingerprint density at radius 3 is 1.63 bits per heavy atom. The summed E-state index contributed by atoms with van der Waals surface area (Å²) in [7, 11) is 1.43. The molecule has 6 N–H and O–H groups in total. The summed E-state index contributed by atoms with van der Waals surface area (Å²) < 4.78 is 90.0. The molecule has 0 aliphatic heterocycles. The van der Waals surface area contributed by atoms with Crippen molar-refractivity contribution >= 4 is 35.0 Å². The van der Waals surface area contributed by atoms with Gasteiger partial charge in [0, 0.05) is 35.1 Å². The van der Waals surface area contributed by atoms with Gasteiger partial charge in [0.2, 0.25) is 5.60 Å². The molecular weight excluding hydrogens is 730 g/mol. The van der Waals surface area contributed by atoms with Gasteiger partial charge in [-0.2, -0.15) is 13.2 Å². The van der Waals surface area contributed by atoms with Crippen LogP contribution in [0.15, 0.2) is 72.8 Å². The Balaban J connectivity index is 1.77. The molecule has 4 aromatic rings. The number of anilines is 2. The maximum absolute atomic E-state index is 14.3. The van der Waals surface area contributed by atoms with E-state index in [-0.39, 0.29) is 51.4 Å². The molecule has 0 fully saturated rings. The van der Waals surface area contributed by atoms with E-state index in [2.05, 4.69) is 10.6 Å². The third kappa shape index (κ3) is 8.31. The van der Waals surface area contributed by atoms with Crippen LogP contribution in [0.3, 0.4) is 0 Å². The first-order valence-corrected chi connectivity index (χ1v) is 15.7. The summed E-state index contributed by atoms with van der Waals surface area (Å²) in [5, 5.41) is 45.1. The van der Waals surface area contributed by atoms with E-state index in [9.17, 15) is 65.9 Å². The quantitative estimate of drug-likeness (QED) is 0.0556. The lowest BCUT2D eigenvalue weighted by atomic mass is 9.88. The average molecular weight is 763 g/mol. The predicted molar refractivity (Wildman–Crippen MR) is 182 cm³/mol. The van der Waals surface area contributed by atoms with E-state index >= 15 is 0 Å². The van der Waals surface area contributed by atoms with Crippen molar-refractivity contribution in [3.8, 4) is 11.5 Å². The molecule has 1 amide bonds. The summed E-state index contributed by atoms with van der Waals surface area (Å²) in [5.41, 5.74) is -10.3. The van der Waals surface area contributed by atoms with Crippen LogP contribution in [0.5, 0.6) is 11.5 Å². The summed E-state index contributed by atoms with van der Waals surface area (Å²) in [6.45, 7) is -4.31. The number of hydrogen-bond acceptors (Lipinski definition) is 8. The number of aromatic carboxylic acids is 2. The van der Waals surface area contributed by atoms with Crippen molar-refractivity contribution in [1.29, 1.82) is 0 Å². The van der Waals surface area contributed by atoms with Gasteiger partial charge < -0.3 is 35.8 Å². The molecule has 0 aliphatic carbocycles. The van der Waals surface area contributed by atoms with E-state index in [0.29, 0.717) is 0 Å². The summed E-state index contributed by atoms with van der Waals surface area (Å²) in [4.78, 5) is 49.1. The number of Topliss-reactive ketones (excluding diaryl/α,β-unsaturated/α-hetero) is 1. The number of aliphatic hydroxyl groups is 2. The molecule has 1 unspecified atom stereocenters. The molecule has 286 valence electrons. The Labute approximate surface area is 302 Å². The fourth-order valence-corrected chi connectivity index (χ4v) is 5.52. The number of carbonyl (C=O) groups excluding carboxylic acids is 2. The van der Waals surface area contributed by atoms with Gasteiger partial charge in [-0.1, -0.05) is 24.3 Å². The first-order chi connectivity index (χ1) is 25.3. The second-order valence-corrected chi connectivity index (χ2v) is 12.1. The second-order valence-electron chi connectivity index (χ2n) is 12.1. The Bertz CT molecular complexity index is 2100. The van der Waals surface area contributed by atoms with Gasteiger partial charge in [0.25, 0.3) is 5.91 Å². The second kappa shape index (κ2) is 16.0. The molecule has 4 rings (SSSR count). The number of halogens is 6. The monoisotopic (exact) mass is 762 g/mol. The van der Waals surface area contributed by atoms with E-state index in [1.54, 1.807) is 0 Å². The number of benzene rings is 4. The first-order valence-electron chi connectivity index (χ1n) is 15.7. The van der Waals surface area contributed by atoms with Crippen molar-refractivity contribution in [2.45, 2.75) is 30.7 Å². The predicted octanol–water partition coefficient (Wildman–Crippen LogP) is 6.81. The van der Waals surface area contributed by atoms with E-state index in [4.69, 9.17) is 4.74 Å². The van der Waals surface area contributed by atoms with Crippen LogP contribution in [0.1, 0.15) is 70.6 Å². The van der Waals surface area contributed by atoms with Crippen LogP contribution < -0.4 is 15.4 Å². The minimum Gasteiger partial charge on any atom is -0.478 e. The molecule has 11 nitrogen and oxygen atoms in total. The van der Waals surface area contributed by atoms with Gasteiger partial charge in [0.1, 0.15) is 37.1 Å². The fraction of sp³-hybridized carbons (Fsp3) is 0.243. The van der Waals surface area contributed by atoms with Crippen molar-refractivity contribution in [3.05, 3.63) is 117 Å². The molecule has 0 aliphatic rings. The topological polar surface area (TPSA) is 182 Å². The number of hydrogen-bond donors (Lipinski definition) is 6. The van der Waals surface area contributed by atoms with Gasteiger partial charge >= 0.3 is 18.1 Å². The minimum absolute atomic E-state index is 0.00760. The highest BCUT2D eigenvalue weighted by molar-refractivity contribution is 6.11. The SMILES string of the molecule is CNc1ccc(Cc2ccc(NC(=O)c3cc(Oc4ccc(C(=O)O)c(C(C)=O)c4)ccc3C(=O)O)c(C(O)(CF)C(F)(F)F)c2)cc1C(O)(CF)CF. The molecule has 1 atom stereocenters. The van der Waals surface area contributed by atoms with Crippen LogP contribution in [0, 0.1) is 0 Å². The zero-order valence-corrected chi connectivity index (χ0v) is 28.4. The van der Waals surface area contributed by atoms with Crippen LogP contribution in [0.25, 0.3) is 0 Å². The standard InChI is InChI=1S/C37H32F6N2O9/c1-19(46)26-14-22(5-7-24(26)33(48)49)54-23-6-8-25(34(50)51)27(15-23)32(47)45-31-10-4-21(13-29(31)36(53,18-40)37(41,42)43)11-20-3-9-30(44-2)28(12-20)35(52,16-38)17-39/h3-10,12-15,44,52-53H,11,16-18H2,1-2H3,(H,45,47)(H,48,49)(H,50,51). The highest BCUT2D eigenvalue weighted by Gasteiger charge is 2.56. The molecular formula is C37H32F6N2O9. The summed E-state index contributed by atoms with van der Waals surface area (Å²) in [6, 6.07) is 13.2. The molecule has 0 saturated heterocycles. The number of ether oxygens (including phenoxy) is 1. The van der Waals surface area contributed by atoms with E-state index < -0.39 is 83.4 Å². The van der Waals surface area contributed by atoms with Gasteiger partial charge in [-0.15, -0.1) is 0 Å². The van der Waals surface area contributed by atoms with Crippen LogP contribution in [-0.2, 0) is 17.6 Å². The Kier molecular flexibility index (Phi) is 12.1. The van der Waals surface area contributed by atoms with Crippen molar-refractivity contribution in [1.82, 2.24) is 0 Å². The minimum atomic E-state index is -5.64. The number of amides is 1. The Hall–Kier alpha value is -5.94. The van der Waals surface area contributed by atoms with E-state index in [0.717, 1.165) is 49.4 Å². The van der Waals surface area contributed by atoms with Gasteiger partial charge in [-0.25, -0.2) is 22.8 Å². The smallest absolute Gasteiger partial charge is 0.424 e. The number of carbonyl (C=O) groups is 4. The highest BCUT2D eigenvalue weighted by Crippen LogP contribution is 2.43. The fourth-order valence-electron chi connectivity index (χ4n) is 5.52. The lowest BCUT2D eigenvalue weighted by molar-refractivity contribution is -0.270. The number of rotatable bonds is 15. The zero-order valence-electron chi connectivity index (χ0n) is 28.4. The van der Waals surface area contributed by atoms with Crippen LogP contribution in [0.2, 0.25) is 0 Å². The molecule has 0 spiro atoms. The molecule has 0 aromatic heterocycles. The van der Waals surface area contributed by atoms with Crippen molar-refractivity contribution in [2.24, 2.45) is 0 Å². The number of carboxylic acid groups (broad SMARTS) is 2. The molecule has 0 saturated carbocycles. The van der Waals surface area contributed by atoms with Gasteiger partial charge in [0.05, 0.1) is 16.7 Å². The highest BCUT2D eigenvalue weighted by atomic mass is 19.4. The normalized spacial score (nSPS) is 12.8. The molecule has 54 heavy (non-hydrogen) atoms.